The molecule has 1 saturated heterocycles. The van der Waals surface area contributed by atoms with Crippen LogP contribution in [0.1, 0.15) is 48.8 Å². The van der Waals surface area contributed by atoms with Crippen molar-refractivity contribution in [1.29, 1.82) is 0 Å². The van der Waals surface area contributed by atoms with Crippen molar-refractivity contribution in [3.05, 3.63) is 89.1 Å². The first-order chi connectivity index (χ1) is 21.3. The van der Waals surface area contributed by atoms with Gasteiger partial charge in [0.25, 0.3) is 0 Å². The lowest BCUT2D eigenvalue weighted by Gasteiger charge is -2.36. The van der Waals surface area contributed by atoms with Gasteiger partial charge in [0, 0.05) is 56.4 Å². The molecule has 0 radical (unpaired) electrons. The standard InChI is InChI=1S/C32H32F3N7O3/c1-31(2,3)45-30(44)41-15-13-40(14-16-41)21-23-7-8-24(18-27(23)32(33,34)35)39-29(43)19-25-17-22(10-12-36-25)6-9-26-20-37-28-5-4-11-38-42(26)28/h4-5,7-8,10-12,17-18,20H,13-16,19,21H2,1-3H3,(H,39,43). The Hall–Kier alpha value is -4.96. The van der Waals surface area contributed by atoms with Gasteiger partial charge in [-0.05, 0) is 68.7 Å². The number of anilines is 1. The summed E-state index contributed by atoms with van der Waals surface area (Å²) in [6.45, 7) is 6.89. The van der Waals surface area contributed by atoms with Crippen molar-refractivity contribution < 1.29 is 27.5 Å². The normalized spacial score (nSPS) is 14.1. The summed E-state index contributed by atoms with van der Waals surface area (Å²) >= 11 is 0. The number of imidazole rings is 1. The largest absolute Gasteiger partial charge is 0.444 e. The van der Waals surface area contributed by atoms with Crippen molar-refractivity contribution in [1.82, 2.24) is 29.4 Å². The van der Waals surface area contributed by atoms with Crippen LogP contribution in [0.15, 0.2) is 61.1 Å². The van der Waals surface area contributed by atoms with Crippen LogP contribution in [0.2, 0.25) is 0 Å². The van der Waals surface area contributed by atoms with Crippen molar-refractivity contribution in [3.8, 4) is 11.8 Å². The number of fused-ring (bicyclic) bond motifs is 1. The number of hydrogen-bond donors (Lipinski definition) is 1. The van der Waals surface area contributed by atoms with Crippen LogP contribution in [-0.2, 0) is 28.7 Å². The molecule has 1 aliphatic rings. The second kappa shape index (κ2) is 13.0. The lowest BCUT2D eigenvalue weighted by molar-refractivity contribution is -0.138. The minimum absolute atomic E-state index is 0.0295. The Morgan fingerprint density at radius 2 is 1.76 bits per heavy atom. The second-order valence-corrected chi connectivity index (χ2v) is 11.6. The molecule has 234 valence electrons. The topological polar surface area (TPSA) is 105 Å². The maximum atomic E-state index is 14.1. The molecule has 3 aromatic heterocycles. The molecular formula is C32H32F3N7O3. The fourth-order valence-electron chi connectivity index (χ4n) is 4.78. The Balaban J connectivity index is 1.21. The summed E-state index contributed by atoms with van der Waals surface area (Å²) in [6.07, 6.45) is -0.460. The zero-order valence-electron chi connectivity index (χ0n) is 25.1. The van der Waals surface area contributed by atoms with Gasteiger partial charge in [-0.15, -0.1) is 0 Å². The zero-order chi connectivity index (χ0) is 32.2. The lowest BCUT2D eigenvalue weighted by atomic mass is 10.0. The summed E-state index contributed by atoms with van der Waals surface area (Å²) in [4.78, 5) is 37.0. The molecule has 1 fully saturated rings. The number of alkyl halides is 3. The number of amides is 2. The minimum atomic E-state index is -4.63. The van der Waals surface area contributed by atoms with Crippen LogP contribution in [0.4, 0.5) is 23.7 Å². The number of piperazine rings is 1. The fraction of sp³-hybridized carbons (Fsp3) is 0.344. The van der Waals surface area contributed by atoms with Crippen molar-refractivity contribution in [3.63, 3.8) is 0 Å². The van der Waals surface area contributed by atoms with Gasteiger partial charge in [-0.2, -0.15) is 18.3 Å². The average molecular weight is 620 g/mol. The van der Waals surface area contributed by atoms with Gasteiger partial charge in [-0.25, -0.2) is 14.3 Å². The zero-order valence-corrected chi connectivity index (χ0v) is 25.1. The lowest BCUT2D eigenvalue weighted by Crippen LogP contribution is -2.49. The number of aromatic nitrogens is 4. The predicted octanol–water partition coefficient (Wildman–Crippen LogP) is 4.78. The molecule has 10 nitrogen and oxygen atoms in total. The first-order valence-electron chi connectivity index (χ1n) is 14.3. The first kappa shape index (κ1) is 31.5. The van der Waals surface area contributed by atoms with Crippen LogP contribution in [0, 0.1) is 11.8 Å². The van der Waals surface area contributed by atoms with Gasteiger partial charge in [0.1, 0.15) is 11.3 Å². The van der Waals surface area contributed by atoms with Crippen LogP contribution >= 0.6 is 0 Å². The number of nitrogens with one attached hydrogen (secondary N) is 1. The van der Waals surface area contributed by atoms with E-state index >= 15 is 0 Å². The van der Waals surface area contributed by atoms with Gasteiger partial charge in [-0.1, -0.05) is 12.0 Å². The molecule has 1 aliphatic heterocycles. The van der Waals surface area contributed by atoms with E-state index < -0.39 is 29.3 Å². The third-order valence-electron chi connectivity index (χ3n) is 6.89. The molecule has 0 aliphatic carbocycles. The number of halogens is 3. The molecular weight excluding hydrogens is 587 g/mol. The molecule has 0 unspecified atom stereocenters. The predicted molar refractivity (Wildman–Crippen MR) is 160 cm³/mol. The summed E-state index contributed by atoms with van der Waals surface area (Å²) in [5, 5.41) is 6.78. The van der Waals surface area contributed by atoms with Crippen molar-refractivity contribution in [2.45, 2.75) is 45.5 Å². The molecule has 5 rings (SSSR count). The summed E-state index contributed by atoms with van der Waals surface area (Å²) in [6, 6.07) is 10.7. The van der Waals surface area contributed by atoms with Crippen LogP contribution in [-0.4, -0.2) is 73.2 Å². The summed E-state index contributed by atoms with van der Waals surface area (Å²) in [5.74, 6) is 5.49. The molecule has 0 bridgehead atoms. The molecule has 1 aromatic carbocycles. The Labute approximate surface area is 258 Å². The number of nitrogens with zero attached hydrogens (tertiary/aromatic N) is 6. The van der Waals surface area contributed by atoms with Crippen LogP contribution in [0.3, 0.4) is 0 Å². The number of ether oxygens (including phenoxy) is 1. The van der Waals surface area contributed by atoms with Crippen molar-refractivity contribution in [2.75, 3.05) is 31.5 Å². The van der Waals surface area contributed by atoms with Crippen molar-refractivity contribution >= 4 is 23.3 Å². The SMILES string of the molecule is CC(C)(C)OC(=O)N1CCN(Cc2ccc(NC(=O)Cc3cc(C#Cc4cnc5cccnn45)ccn3)cc2C(F)(F)F)CC1. The molecule has 4 heterocycles. The summed E-state index contributed by atoms with van der Waals surface area (Å²) < 4.78 is 49.2. The van der Waals surface area contributed by atoms with E-state index in [0.717, 1.165) is 6.07 Å². The van der Waals surface area contributed by atoms with E-state index in [-0.39, 0.29) is 24.2 Å². The number of benzene rings is 1. The number of carbonyl (C=O) groups is 2. The number of carbonyl (C=O) groups excluding carboxylic acids is 2. The third-order valence-corrected chi connectivity index (χ3v) is 6.89. The number of pyridine rings is 1. The van der Waals surface area contributed by atoms with Crippen LogP contribution in [0.25, 0.3) is 5.65 Å². The monoisotopic (exact) mass is 619 g/mol. The summed E-state index contributed by atoms with van der Waals surface area (Å²) in [7, 11) is 0. The van der Waals surface area contributed by atoms with E-state index in [9.17, 15) is 22.8 Å². The van der Waals surface area contributed by atoms with E-state index in [1.54, 1.807) is 60.8 Å². The average Bonchev–Trinajstić information content (AvgIpc) is 3.39. The highest BCUT2D eigenvalue weighted by Crippen LogP contribution is 2.34. The molecule has 45 heavy (non-hydrogen) atoms. The highest BCUT2D eigenvalue weighted by atomic mass is 19.4. The quantitative estimate of drug-likeness (QED) is 0.321. The summed E-state index contributed by atoms with van der Waals surface area (Å²) in [5.41, 5.74) is 0.928. The molecule has 2 amide bonds. The van der Waals surface area contributed by atoms with Gasteiger partial charge in [0.2, 0.25) is 5.91 Å². The van der Waals surface area contributed by atoms with Crippen LogP contribution < -0.4 is 5.32 Å². The van der Waals surface area contributed by atoms with Gasteiger partial charge < -0.3 is 15.0 Å². The Bertz CT molecular complexity index is 1760. The molecule has 13 heteroatoms. The van der Waals surface area contributed by atoms with E-state index in [1.165, 1.54) is 18.3 Å². The smallest absolute Gasteiger partial charge is 0.416 e. The van der Waals surface area contributed by atoms with Gasteiger partial charge in [0.05, 0.1) is 23.9 Å². The first-order valence-corrected chi connectivity index (χ1v) is 14.3. The highest BCUT2D eigenvalue weighted by Gasteiger charge is 2.35. The Morgan fingerprint density at radius 3 is 2.49 bits per heavy atom. The van der Waals surface area contributed by atoms with Gasteiger partial charge >= 0.3 is 12.3 Å². The van der Waals surface area contributed by atoms with E-state index in [1.807, 2.05) is 11.0 Å². The Kier molecular flexibility index (Phi) is 9.06. The van der Waals surface area contributed by atoms with Crippen molar-refractivity contribution in [2.24, 2.45) is 0 Å². The van der Waals surface area contributed by atoms with Crippen LogP contribution in [0.5, 0.6) is 0 Å². The highest BCUT2D eigenvalue weighted by molar-refractivity contribution is 5.92. The molecule has 4 aromatic rings. The van der Waals surface area contributed by atoms with E-state index in [0.29, 0.717) is 48.8 Å². The maximum Gasteiger partial charge on any atom is 0.416 e. The molecule has 0 atom stereocenters. The molecule has 0 spiro atoms. The maximum absolute atomic E-state index is 14.1. The Morgan fingerprint density at radius 1 is 0.978 bits per heavy atom. The fourth-order valence-corrected chi connectivity index (χ4v) is 4.78. The van der Waals surface area contributed by atoms with E-state index in [4.69, 9.17) is 4.74 Å². The van der Waals surface area contributed by atoms with Gasteiger partial charge in [0.15, 0.2) is 5.65 Å². The molecule has 1 N–H and O–H groups in total. The molecule has 0 saturated carbocycles. The van der Waals surface area contributed by atoms with E-state index in [2.05, 4.69) is 32.2 Å². The second-order valence-electron chi connectivity index (χ2n) is 11.6. The minimum Gasteiger partial charge on any atom is -0.444 e. The third kappa shape index (κ3) is 8.36. The number of rotatable bonds is 5. The number of hydrogen-bond acceptors (Lipinski definition) is 7. The van der Waals surface area contributed by atoms with Gasteiger partial charge in [-0.3, -0.25) is 14.7 Å².